The molecule has 1 aromatic carbocycles. The lowest BCUT2D eigenvalue weighted by molar-refractivity contribution is -0.137. The van der Waals surface area contributed by atoms with Gasteiger partial charge in [0.2, 0.25) is 0 Å². The van der Waals surface area contributed by atoms with Gasteiger partial charge >= 0.3 is 5.97 Å². The quantitative estimate of drug-likeness (QED) is 0.875. The zero-order chi connectivity index (χ0) is 12.4. The van der Waals surface area contributed by atoms with Gasteiger partial charge in [-0.2, -0.15) is 0 Å². The molecule has 0 aliphatic carbocycles. The first kappa shape index (κ1) is 11.8. The van der Waals surface area contributed by atoms with Crippen LogP contribution in [-0.2, 0) is 4.79 Å². The molecule has 1 aromatic rings. The minimum atomic E-state index is -0.785. The molecule has 4 heteroatoms. The van der Waals surface area contributed by atoms with Crippen molar-refractivity contribution in [3.63, 3.8) is 0 Å². The van der Waals surface area contributed by atoms with Gasteiger partial charge < -0.3 is 14.6 Å². The van der Waals surface area contributed by atoms with Gasteiger partial charge in [0.25, 0.3) is 0 Å². The van der Waals surface area contributed by atoms with Crippen molar-refractivity contribution < 1.29 is 19.4 Å². The monoisotopic (exact) mass is 236 g/mol. The zero-order valence-electron chi connectivity index (χ0n) is 10.0. The zero-order valence-corrected chi connectivity index (χ0v) is 10.0. The molecule has 0 fully saturated rings. The van der Waals surface area contributed by atoms with E-state index in [1.165, 1.54) is 0 Å². The van der Waals surface area contributed by atoms with Gasteiger partial charge in [-0.25, -0.2) is 0 Å². The molecule has 1 atom stereocenters. The number of ether oxygens (including phenoxy) is 2. The van der Waals surface area contributed by atoms with E-state index in [1.807, 2.05) is 26.0 Å². The molecular weight excluding hydrogens is 220 g/mol. The second-order valence-corrected chi connectivity index (χ2v) is 4.30. The predicted octanol–water partition coefficient (Wildman–Crippen LogP) is 2.34. The number of aliphatic carboxylic acids is 1. The third-order valence-corrected chi connectivity index (χ3v) is 3.01. The van der Waals surface area contributed by atoms with Crippen molar-refractivity contribution >= 4 is 5.97 Å². The number of fused-ring (bicyclic) bond motifs is 1. The van der Waals surface area contributed by atoms with E-state index in [0.717, 1.165) is 22.6 Å². The highest BCUT2D eigenvalue weighted by molar-refractivity contribution is 5.68. The summed E-state index contributed by atoms with van der Waals surface area (Å²) in [5, 5.41) is 8.82. The first-order valence-electron chi connectivity index (χ1n) is 5.70. The predicted molar refractivity (Wildman–Crippen MR) is 62.8 cm³/mol. The summed E-state index contributed by atoms with van der Waals surface area (Å²) in [7, 11) is 0. The third kappa shape index (κ3) is 2.35. The van der Waals surface area contributed by atoms with Gasteiger partial charge in [-0.1, -0.05) is 13.0 Å². The summed E-state index contributed by atoms with van der Waals surface area (Å²) in [5.74, 6) is 0.695. The number of carboxylic acids is 1. The lowest BCUT2D eigenvalue weighted by atomic mass is 9.93. The van der Waals surface area contributed by atoms with Crippen LogP contribution in [0.5, 0.6) is 11.5 Å². The highest BCUT2D eigenvalue weighted by Gasteiger charge is 2.20. The maximum atomic E-state index is 10.7. The average Bonchev–Trinajstić information content (AvgIpc) is 2.28. The summed E-state index contributed by atoms with van der Waals surface area (Å²) in [6.07, 6.45) is 0.125. The highest BCUT2D eigenvalue weighted by atomic mass is 16.6. The van der Waals surface area contributed by atoms with E-state index in [1.54, 1.807) is 0 Å². The van der Waals surface area contributed by atoms with Crippen molar-refractivity contribution in [2.75, 3.05) is 13.2 Å². The van der Waals surface area contributed by atoms with Gasteiger partial charge in [0.15, 0.2) is 11.5 Å². The Balaban J connectivity index is 2.32. The summed E-state index contributed by atoms with van der Waals surface area (Å²) in [5.41, 5.74) is 1.99. The lowest BCUT2D eigenvalue weighted by Crippen LogP contribution is -2.17. The van der Waals surface area contributed by atoms with Gasteiger partial charge in [-0.3, -0.25) is 4.79 Å². The second kappa shape index (κ2) is 4.65. The molecule has 92 valence electrons. The van der Waals surface area contributed by atoms with E-state index < -0.39 is 5.97 Å². The summed E-state index contributed by atoms with van der Waals surface area (Å²) in [6.45, 7) is 4.97. The normalized spacial score (nSPS) is 15.4. The van der Waals surface area contributed by atoms with Crippen molar-refractivity contribution in [3.05, 3.63) is 23.3 Å². The molecule has 1 N–H and O–H groups in total. The van der Waals surface area contributed by atoms with E-state index in [4.69, 9.17) is 14.6 Å². The van der Waals surface area contributed by atoms with E-state index in [-0.39, 0.29) is 12.3 Å². The Morgan fingerprint density at radius 3 is 2.82 bits per heavy atom. The Morgan fingerprint density at radius 1 is 1.41 bits per heavy atom. The summed E-state index contributed by atoms with van der Waals surface area (Å²) in [4.78, 5) is 10.7. The topological polar surface area (TPSA) is 55.8 Å². The molecule has 1 heterocycles. The third-order valence-electron chi connectivity index (χ3n) is 3.01. The van der Waals surface area contributed by atoms with Gasteiger partial charge in [0.05, 0.1) is 6.42 Å². The maximum absolute atomic E-state index is 10.7. The fourth-order valence-electron chi connectivity index (χ4n) is 2.18. The second-order valence-electron chi connectivity index (χ2n) is 4.30. The minimum absolute atomic E-state index is 0.0247. The first-order chi connectivity index (χ1) is 8.09. The SMILES string of the molecule is Cc1c(C(C)CC(=O)O)ccc2c1OCCO2. The van der Waals surface area contributed by atoms with E-state index >= 15 is 0 Å². The Labute approximate surface area is 100 Å². The number of rotatable bonds is 3. The molecule has 0 amide bonds. The fraction of sp³-hybridized carbons (Fsp3) is 0.462. The van der Waals surface area contributed by atoms with Crippen LogP contribution in [0, 0.1) is 6.92 Å². The molecular formula is C13H16O4. The molecule has 0 saturated carbocycles. The molecule has 0 bridgehead atoms. The molecule has 0 radical (unpaired) electrons. The van der Waals surface area contributed by atoms with Crippen LogP contribution < -0.4 is 9.47 Å². The average molecular weight is 236 g/mol. The van der Waals surface area contributed by atoms with Crippen molar-refractivity contribution in [2.45, 2.75) is 26.2 Å². The van der Waals surface area contributed by atoms with Crippen LogP contribution in [0.2, 0.25) is 0 Å². The highest BCUT2D eigenvalue weighted by Crippen LogP contribution is 2.38. The Hall–Kier alpha value is -1.71. The standard InChI is InChI=1S/C13H16O4/c1-8(7-12(14)15)10-3-4-11-13(9(10)2)17-6-5-16-11/h3-4,8H,5-7H2,1-2H3,(H,14,15). The Morgan fingerprint density at radius 2 is 2.12 bits per heavy atom. The maximum Gasteiger partial charge on any atom is 0.303 e. The Kier molecular flexibility index (Phi) is 3.22. The lowest BCUT2D eigenvalue weighted by Gasteiger charge is -2.23. The van der Waals surface area contributed by atoms with E-state index in [2.05, 4.69) is 0 Å². The first-order valence-corrected chi connectivity index (χ1v) is 5.70. The van der Waals surface area contributed by atoms with Crippen molar-refractivity contribution in [1.29, 1.82) is 0 Å². The number of carboxylic acid groups (broad SMARTS) is 1. The molecule has 1 unspecified atom stereocenters. The van der Waals surface area contributed by atoms with Crippen LogP contribution >= 0.6 is 0 Å². The molecule has 1 aliphatic heterocycles. The van der Waals surface area contributed by atoms with Crippen molar-refractivity contribution in [1.82, 2.24) is 0 Å². The van der Waals surface area contributed by atoms with Crippen LogP contribution in [0.4, 0.5) is 0 Å². The molecule has 17 heavy (non-hydrogen) atoms. The smallest absolute Gasteiger partial charge is 0.303 e. The van der Waals surface area contributed by atoms with Gasteiger partial charge in [0, 0.05) is 0 Å². The molecule has 0 spiro atoms. The molecule has 2 rings (SSSR count). The van der Waals surface area contributed by atoms with Crippen molar-refractivity contribution in [3.8, 4) is 11.5 Å². The summed E-state index contributed by atoms with van der Waals surface area (Å²) in [6, 6.07) is 3.78. The van der Waals surface area contributed by atoms with E-state index in [9.17, 15) is 4.79 Å². The molecule has 0 saturated heterocycles. The summed E-state index contributed by atoms with van der Waals surface area (Å²) < 4.78 is 11.1. The molecule has 1 aliphatic rings. The van der Waals surface area contributed by atoms with Crippen LogP contribution in [-0.4, -0.2) is 24.3 Å². The minimum Gasteiger partial charge on any atom is -0.486 e. The van der Waals surface area contributed by atoms with Gasteiger partial charge in [-0.05, 0) is 30.0 Å². The van der Waals surface area contributed by atoms with Gasteiger partial charge in [0.1, 0.15) is 13.2 Å². The molecule has 0 aromatic heterocycles. The number of benzene rings is 1. The van der Waals surface area contributed by atoms with Crippen LogP contribution in [0.25, 0.3) is 0 Å². The number of hydrogen-bond donors (Lipinski definition) is 1. The largest absolute Gasteiger partial charge is 0.486 e. The number of carbonyl (C=O) groups is 1. The van der Waals surface area contributed by atoms with E-state index in [0.29, 0.717) is 13.2 Å². The Bertz CT molecular complexity index is 439. The number of hydrogen-bond acceptors (Lipinski definition) is 3. The molecule has 4 nitrogen and oxygen atoms in total. The van der Waals surface area contributed by atoms with Crippen LogP contribution in [0.15, 0.2) is 12.1 Å². The summed E-state index contributed by atoms with van der Waals surface area (Å²) >= 11 is 0. The van der Waals surface area contributed by atoms with Crippen LogP contribution in [0.1, 0.15) is 30.4 Å². The fourth-order valence-corrected chi connectivity index (χ4v) is 2.18. The van der Waals surface area contributed by atoms with Crippen LogP contribution in [0.3, 0.4) is 0 Å². The van der Waals surface area contributed by atoms with Gasteiger partial charge in [-0.15, -0.1) is 0 Å². The van der Waals surface area contributed by atoms with Crippen molar-refractivity contribution in [2.24, 2.45) is 0 Å².